The molecule has 1 heterocycles. The van der Waals surface area contributed by atoms with E-state index in [0.717, 1.165) is 0 Å². The fourth-order valence-electron chi connectivity index (χ4n) is 4.54. The summed E-state index contributed by atoms with van der Waals surface area (Å²) in [7, 11) is 3.12. The number of carboxylic acids is 1. The number of rotatable bonds is 6. The number of anilines is 1. The Morgan fingerprint density at radius 2 is 1.45 bits per heavy atom. The normalized spacial score (nSPS) is 19.8. The minimum Gasteiger partial charge on any atom is -0.496 e. The second-order valence-corrected chi connectivity index (χ2v) is 9.35. The molecule has 1 saturated carbocycles. The number of aryl methyl sites for hydroxylation is 1. The first kappa shape index (κ1) is 29.2. The van der Waals surface area contributed by atoms with E-state index in [1.807, 2.05) is 0 Å². The van der Waals surface area contributed by atoms with Crippen molar-refractivity contribution in [2.75, 3.05) is 12.4 Å². The molecule has 0 unspecified atom stereocenters. The predicted octanol–water partition coefficient (Wildman–Crippen LogP) is -2.55. The molecule has 0 saturated heterocycles. The third-order valence-electron chi connectivity index (χ3n) is 6.88. The Kier molecular flexibility index (Phi) is 6.63. The number of carbonyl (C=O) groups excluding carboxylic acids is 1. The fraction of sp³-hybridized carbons (Fsp3) is 0.333. The number of aromatic carboxylic acids is 1. The Morgan fingerprint density at radius 1 is 0.850 bits per heavy atom. The number of fused-ring (bicyclic) bond motifs is 1. The Bertz CT molecular complexity index is 1480. The van der Waals surface area contributed by atoms with Crippen molar-refractivity contribution in [2.24, 2.45) is 7.05 Å². The maximum atomic E-state index is 12.5. The second-order valence-electron chi connectivity index (χ2n) is 9.35. The van der Waals surface area contributed by atoms with Crippen molar-refractivity contribution < 1.29 is 70.1 Å². The lowest BCUT2D eigenvalue weighted by Crippen LogP contribution is -2.69. The third-order valence-corrected chi connectivity index (χ3v) is 6.88. The highest BCUT2D eigenvalue weighted by atomic mass is 16.8. The number of hydrogen-bond acceptors (Lipinski definition) is 13. The lowest BCUT2D eigenvalue weighted by atomic mass is 10.0. The van der Waals surface area contributed by atoms with E-state index in [4.69, 9.17) is 4.74 Å². The second kappa shape index (κ2) is 9.10. The summed E-state index contributed by atoms with van der Waals surface area (Å²) in [5.41, 5.74) is 1.99. The van der Waals surface area contributed by atoms with Crippen molar-refractivity contribution in [2.45, 2.75) is 35.4 Å². The number of carbonyl (C=O) groups is 2. The molecule has 40 heavy (non-hydrogen) atoms. The lowest BCUT2D eigenvalue weighted by Gasteiger charge is -2.38. The summed E-state index contributed by atoms with van der Waals surface area (Å²) < 4.78 is 11.4. The Hall–Kier alpha value is -3.84. The average molecular weight is 566 g/mol. The number of amides is 1. The molecule has 0 radical (unpaired) electrons. The third kappa shape index (κ3) is 3.90. The maximum absolute atomic E-state index is 12.5. The number of methoxy groups -OCH3 is 1. The van der Waals surface area contributed by atoms with Gasteiger partial charge in [0.25, 0.3) is 23.1 Å². The van der Waals surface area contributed by atoms with Gasteiger partial charge in [0.2, 0.25) is 0 Å². The minimum atomic E-state index is -4.63. The van der Waals surface area contributed by atoms with E-state index in [1.165, 1.54) is 31.4 Å². The molecule has 1 aromatic heterocycles. The van der Waals surface area contributed by atoms with Gasteiger partial charge in [-0.05, 0) is 41.5 Å². The van der Waals surface area contributed by atoms with Gasteiger partial charge < -0.3 is 65.1 Å². The number of hydrogen-bond donors (Lipinski definition) is 11. The monoisotopic (exact) mass is 566 g/mol. The van der Waals surface area contributed by atoms with E-state index < -0.39 is 41.0 Å². The summed E-state index contributed by atoms with van der Waals surface area (Å²) in [4.78, 5) is 23.8. The number of carboxylic acid groups (broad SMARTS) is 1. The maximum Gasteiger partial charge on any atom is 0.414 e. The van der Waals surface area contributed by atoms with E-state index >= 15 is 0 Å². The zero-order valence-corrected chi connectivity index (χ0v) is 20.8. The minimum absolute atomic E-state index is 0.0243. The molecular formula is C24H26N2O14. The van der Waals surface area contributed by atoms with Crippen LogP contribution in [0.2, 0.25) is 0 Å². The zero-order valence-electron chi connectivity index (χ0n) is 20.8. The van der Waals surface area contributed by atoms with Crippen molar-refractivity contribution in [1.82, 2.24) is 4.57 Å². The Labute approximate surface area is 223 Å². The molecule has 0 atom stereocenters. The van der Waals surface area contributed by atoms with Crippen LogP contribution in [0.25, 0.3) is 10.9 Å². The first-order valence-electron chi connectivity index (χ1n) is 11.3. The molecule has 0 aliphatic heterocycles. The smallest absolute Gasteiger partial charge is 0.414 e. The van der Waals surface area contributed by atoms with Crippen molar-refractivity contribution >= 4 is 28.7 Å². The van der Waals surface area contributed by atoms with Crippen molar-refractivity contribution in [3.8, 4) is 5.75 Å². The van der Waals surface area contributed by atoms with Gasteiger partial charge in [-0.2, -0.15) is 0 Å². The van der Waals surface area contributed by atoms with Crippen LogP contribution in [0, 0.1) is 0 Å². The van der Waals surface area contributed by atoms with Crippen LogP contribution >= 0.6 is 0 Å². The number of benzene rings is 2. The first-order chi connectivity index (χ1) is 18.3. The SMILES string of the molecule is COc1cc(C(=O)O)ccc1Cc1cn(C)c2ccc(NC(=O)OC3(O)C(O)(O)C(O)(O)C(O)(O)C3(O)O)cc12. The van der Waals surface area contributed by atoms with Gasteiger partial charge in [0.1, 0.15) is 5.75 Å². The number of nitrogens with zero attached hydrogens (tertiary/aromatic N) is 1. The van der Waals surface area contributed by atoms with Crippen LogP contribution in [0.5, 0.6) is 5.75 Å². The summed E-state index contributed by atoms with van der Waals surface area (Å²) in [6, 6.07) is 8.71. The molecule has 1 amide bonds. The number of aromatic nitrogens is 1. The number of ether oxygens (including phenoxy) is 2. The molecule has 1 aliphatic rings. The van der Waals surface area contributed by atoms with Crippen LogP contribution in [-0.2, 0) is 18.2 Å². The van der Waals surface area contributed by atoms with E-state index in [-0.39, 0.29) is 17.7 Å². The van der Waals surface area contributed by atoms with Gasteiger partial charge in [-0.1, -0.05) is 6.07 Å². The van der Waals surface area contributed by atoms with Gasteiger partial charge >= 0.3 is 17.8 Å². The van der Waals surface area contributed by atoms with Crippen LogP contribution in [0.3, 0.4) is 0 Å². The fourth-order valence-corrected chi connectivity index (χ4v) is 4.54. The van der Waals surface area contributed by atoms with Gasteiger partial charge in [0, 0.05) is 36.3 Å². The predicted molar refractivity (Wildman–Crippen MR) is 129 cm³/mol. The largest absolute Gasteiger partial charge is 0.496 e. The zero-order chi connectivity index (χ0) is 30.1. The quantitative estimate of drug-likeness (QED) is 0.137. The summed E-state index contributed by atoms with van der Waals surface area (Å²) in [6.07, 6.45) is 0.215. The molecule has 16 nitrogen and oxygen atoms in total. The molecule has 1 aliphatic carbocycles. The molecule has 11 N–H and O–H groups in total. The van der Waals surface area contributed by atoms with Gasteiger partial charge in [-0.3, -0.25) is 5.32 Å². The highest BCUT2D eigenvalue weighted by Crippen LogP contribution is 2.54. The highest BCUT2D eigenvalue weighted by Gasteiger charge is 2.93. The van der Waals surface area contributed by atoms with Crippen LogP contribution in [0.4, 0.5) is 10.5 Å². The molecular weight excluding hydrogens is 540 g/mol. The molecule has 16 heteroatoms. The van der Waals surface area contributed by atoms with Gasteiger partial charge in [0.05, 0.1) is 12.7 Å². The van der Waals surface area contributed by atoms with Crippen LogP contribution in [-0.4, -0.2) is 104 Å². The molecule has 4 rings (SSSR count). The van der Waals surface area contributed by atoms with Crippen molar-refractivity contribution in [3.63, 3.8) is 0 Å². The van der Waals surface area contributed by atoms with Gasteiger partial charge in [-0.25, -0.2) is 9.59 Å². The van der Waals surface area contributed by atoms with E-state index in [9.17, 15) is 60.7 Å². The molecule has 1 fully saturated rings. The van der Waals surface area contributed by atoms with Gasteiger partial charge in [0.15, 0.2) is 0 Å². The Morgan fingerprint density at radius 3 is 2.00 bits per heavy atom. The van der Waals surface area contributed by atoms with E-state index in [0.29, 0.717) is 27.8 Å². The molecule has 0 bridgehead atoms. The Balaban J connectivity index is 1.64. The molecule has 216 valence electrons. The molecule has 3 aromatic rings. The average Bonchev–Trinajstić information content (AvgIpc) is 3.19. The summed E-state index contributed by atoms with van der Waals surface area (Å²) in [5.74, 6) is -23.8. The van der Waals surface area contributed by atoms with Gasteiger partial charge in [-0.15, -0.1) is 0 Å². The van der Waals surface area contributed by atoms with Crippen LogP contribution in [0.15, 0.2) is 42.6 Å². The molecule has 2 aromatic carbocycles. The number of aliphatic hydroxyl groups is 9. The summed E-state index contributed by atoms with van der Waals surface area (Å²) in [6.45, 7) is 0. The first-order valence-corrected chi connectivity index (χ1v) is 11.3. The summed E-state index contributed by atoms with van der Waals surface area (Å²) in [5, 5.41) is 101. The highest BCUT2D eigenvalue weighted by molar-refractivity contribution is 5.92. The van der Waals surface area contributed by atoms with Crippen LogP contribution in [0.1, 0.15) is 21.5 Å². The van der Waals surface area contributed by atoms with Crippen molar-refractivity contribution in [3.05, 3.63) is 59.3 Å². The standard InChI is InChI=1S/C24H26N2O14/c1-26-10-13(7-11-3-4-12(18(27)28)8-17(11)39-2)15-9-14(5-6-16(15)26)25-19(29)40-24(38)22(34,35)20(30,31)21(32,33)23(24,36)37/h3-6,8-10,30-38H,7H2,1-2H3,(H,25,29)(H,27,28). The van der Waals surface area contributed by atoms with E-state index in [1.54, 1.807) is 29.9 Å². The van der Waals surface area contributed by atoms with Crippen LogP contribution < -0.4 is 10.1 Å². The number of nitrogens with one attached hydrogen (secondary N) is 1. The van der Waals surface area contributed by atoms with Crippen molar-refractivity contribution in [1.29, 1.82) is 0 Å². The molecule has 0 spiro atoms. The lowest BCUT2D eigenvalue weighted by molar-refractivity contribution is -0.452. The van der Waals surface area contributed by atoms with E-state index in [2.05, 4.69) is 10.1 Å². The topological polar surface area (TPSA) is 272 Å². The summed E-state index contributed by atoms with van der Waals surface area (Å²) >= 11 is 0.